The largest absolute Gasteiger partial charge is 0.361 e. The van der Waals surface area contributed by atoms with E-state index in [2.05, 4.69) is 15.5 Å². The molecule has 2 aromatic rings. The van der Waals surface area contributed by atoms with Crippen LogP contribution in [-0.4, -0.2) is 22.0 Å². The van der Waals surface area contributed by atoms with Crippen molar-refractivity contribution in [2.24, 2.45) is 5.73 Å². The molecule has 3 N–H and O–H groups in total. The van der Waals surface area contributed by atoms with Crippen LogP contribution in [0.1, 0.15) is 48.8 Å². The Morgan fingerprint density at radius 1 is 1.27 bits per heavy atom. The number of nitrogens with zero attached hydrogens (tertiary/aromatic N) is 2. The van der Waals surface area contributed by atoms with E-state index < -0.39 is 11.4 Å². The van der Waals surface area contributed by atoms with Gasteiger partial charge in [-0.05, 0) is 26.3 Å². The number of benzene rings is 1. The lowest BCUT2D eigenvalue weighted by Gasteiger charge is -2.24. The fourth-order valence-electron chi connectivity index (χ4n) is 1.94. The predicted molar refractivity (Wildman–Crippen MR) is 78.8 cm³/mol. The number of nitrogens with one attached hydrogen (secondary N) is 1. The molecule has 0 aliphatic carbocycles. The lowest BCUT2D eigenvalue weighted by molar-refractivity contribution is -0.124. The molecule has 1 heterocycles. The first-order valence-corrected chi connectivity index (χ1v) is 6.82. The van der Waals surface area contributed by atoms with Crippen LogP contribution in [0.15, 0.2) is 34.9 Å². The van der Waals surface area contributed by atoms with Gasteiger partial charge in [0.1, 0.15) is 0 Å². The molecule has 0 aliphatic heterocycles. The van der Waals surface area contributed by atoms with Gasteiger partial charge in [0.15, 0.2) is 5.82 Å². The van der Waals surface area contributed by atoms with E-state index in [-0.39, 0.29) is 23.5 Å². The molecule has 0 radical (unpaired) electrons. The molecule has 7 nitrogen and oxygen atoms in total. The Hall–Kier alpha value is -2.70. The summed E-state index contributed by atoms with van der Waals surface area (Å²) in [6.07, 6.45) is 0. The monoisotopic (exact) mass is 302 g/mol. The number of carbonyl (C=O) groups excluding carboxylic acids is 2. The lowest BCUT2D eigenvalue weighted by Crippen LogP contribution is -2.43. The number of carbonyl (C=O) groups is 2. The molecule has 22 heavy (non-hydrogen) atoms. The molecule has 1 atom stereocenters. The Kier molecular flexibility index (Phi) is 4.25. The van der Waals surface area contributed by atoms with Gasteiger partial charge in [-0.3, -0.25) is 9.59 Å². The van der Waals surface area contributed by atoms with Crippen molar-refractivity contribution in [3.63, 3.8) is 0 Å². The molecule has 2 amide bonds. The number of aromatic nitrogens is 2. The van der Waals surface area contributed by atoms with Crippen molar-refractivity contribution >= 4 is 11.8 Å². The Morgan fingerprint density at radius 2 is 1.91 bits per heavy atom. The molecule has 0 unspecified atom stereocenters. The molecule has 0 spiro atoms. The third-order valence-electron chi connectivity index (χ3n) is 3.32. The van der Waals surface area contributed by atoms with Crippen LogP contribution in [0.25, 0.3) is 0 Å². The van der Waals surface area contributed by atoms with Crippen molar-refractivity contribution in [1.29, 1.82) is 0 Å². The smallest absolute Gasteiger partial charge is 0.315 e. The minimum Gasteiger partial charge on any atom is -0.361 e. The van der Waals surface area contributed by atoms with Crippen LogP contribution in [0.5, 0.6) is 0 Å². The van der Waals surface area contributed by atoms with Crippen molar-refractivity contribution in [3.8, 4) is 0 Å². The normalized spacial score (nSPS) is 12.7. The van der Waals surface area contributed by atoms with E-state index in [4.69, 9.17) is 10.3 Å². The molecule has 0 bridgehead atoms. The molecule has 1 aromatic heterocycles. The maximum atomic E-state index is 12.4. The highest BCUT2D eigenvalue weighted by atomic mass is 16.5. The van der Waals surface area contributed by atoms with E-state index in [9.17, 15) is 9.59 Å². The van der Waals surface area contributed by atoms with Crippen LogP contribution in [-0.2, 0) is 10.3 Å². The summed E-state index contributed by atoms with van der Waals surface area (Å²) < 4.78 is 4.75. The summed E-state index contributed by atoms with van der Waals surface area (Å²) in [5.74, 6) is -1.41. The average molecular weight is 302 g/mol. The van der Waals surface area contributed by atoms with Gasteiger partial charge < -0.3 is 15.6 Å². The van der Waals surface area contributed by atoms with Gasteiger partial charge in [0.2, 0.25) is 5.91 Å². The summed E-state index contributed by atoms with van der Waals surface area (Å²) in [4.78, 5) is 27.3. The molecule has 0 saturated heterocycles. The second-order valence-electron chi connectivity index (χ2n) is 5.53. The number of hydrogen-bond donors (Lipinski definition) is 2. The Bertz CT molecular complexity index is 679. The van der Waals surface area contributed by atoms with Crippen LogP contribution in [0.4, 0.5) is 0 Å². The van der Waals surface area contributed by atoms with Gasteiger partial charge >= 0.3 is 11.8 Å². The molecular formula is C15H18N4O3. The summed E-state index contributed by atoms with van der Waals surface area (Å²) >= 11 is 0. The number of rotatable bonds is 5. The zero-order valence-corrected chi connectivity index (χ0v) is 12.7. The number of nitrogens with two attached hydrogens (primary N) is 1. The molecule has 0 aliphatic rings. The van der Waals surface area contributed by atoms with Gasteiger partial charge in [0.25, 0.3) is 0 Å². The standard InChI is InChI=1S/C15H18N4O3/c1-9(10-7-5-4-6-8-10)12(21)18-15(2,3)14-17-13(11(16)20)22-19-14/h4-9H,1-3H3,(H2,16,20)(H,18,21)/t9-/m0/s1. The van der Waals surface area contributed by atoms with E-state index in [0.29, 0.717) is 0 Å². The van der Waals surface area contributed by atoms with E-state index in [1.165, 1.54) is 0 Å². The maximum Gasteiger partial charge on any atom is 0.315 e. The van der Waals surface area contributed by atoms with E-state index in [1.54, 1.807) is 13.8 Å². The van der Waals surface area contributed by atoms with Gasteiger partial charge in [0, 0.05) is 0 Å². The van der Waals surface area contributed by atoms with Gasteiger partial charge in [-0.2, -0.15) is 4.98 Å². The molecule has 2 rings (SSSR count). The molecule has 1 aromatic carbocycles. The summed E-state index contributed by atoms with van der Waals surface area (Å²) in [7, 11) is 0. The topological polar surface area (TPSA) is 111 Å². The third-order valence-corrected chi connectivity index (χ3v) is 3.32. The number of amides is 2. The van der Waals surface area contributed by atoms with Gasteiger partial charge in [0.05, 0.1) is 11.5 Å². The highest BCUT2D eigenvalue weighted by Gasteiger charge is 2.31. The highest BCUT2D eigenvalue weighted by molar-refractivity contribution is 5.87. The quantitative estimate of drug-likeness (QED) is 0.865. The second-order valence-corrected chi connectivity index (χ2v) is 5.53. The average Bonchev–Trinajstić information content (AvgIpc) is 2.98. The fraction of sp³-hybridized carbons (Fsp3) is 0.333. The van der Waals surface area contributed by atoms with Crippen molar-refractivity contribution in [1.82, 2.24) is 15.5 Å². The highest BCUT2D eigenvalue weighted by Crippen LogP contribution is 2.20. The van der Waals surface area contributed by atoms with Crippen LogP contribution in [0.3, 0.4) is 0 Å². The van der Waals surface area contributed by atoms with Crippen molar-refractivity contribution in [2.75, 3.05) is 0 Å². The zero-order chi connectivity index (χ0) is 16.3. The summed E-state index contributed by atoms with van der Waals surface area (Å²) in [5.41, 5.74) is 5.09. The third kappa shape index (κ3) is 3.30. The maximum absolute atomic E-state index is 12.4. The summed E-state index contributed by atoms with van der Waals surface area (Å²) in [5, 5.41) is 6.54. The van der Waals surface area contributed by atoms with E-state index >= 15 is 0 Å². The fourth-order valence-corrected chi connectivity index (χ4v) is 1.94. The molecule has 7 heteroatoms. The van der Waals surface area contributed by atoms with Crippen LogP contribution >= 0.6 is 0 Å². The van der Waals surface area contributed by atoms with Crippen LogP contribution in [0.2, 0.25) is 0 Å². The SMILES string of the molecule is C[C@H](C(=O)NC(C)(C)c1noc(C(N)=O)n1)c1ccccc1. The number of hydrogen-bond acceptors (Lipinski definition) is 5. The zero-order valence-electron chi connectivity index (χ0n) is 12.7. The van der Waals surface area contributed by atoms with Crippen LogP contribution < -0.4 is 11.1 Å². The van der Waals surface area contributed by atoms with Crippen LogP contribution in [0, 0.1) is 0 Å². The second kappa shape index (κ2) is 5.97. The Labute approximate surface area is 127 Å². The van der Waals surface area contributed by atoms with Gasteiger partial charge in [-0.25, -0.2) is 0 Å². The van der Waals surface area contributed by atoms with Crippen molar-refractivity contribution in [2.45, 2.75) is 32.2 Å². The Balaban J connectivity index is 2.13. The van der Waals surface area contributed by atoms with Crippen molar-refractivity contribution in [3.05, 3.63) is 47.6 Å². The molecule has 0 saturated carbocycles. The molecular weight excluding hydrogens is 284 g/mol. The molecule has 116 valence electrons. The van der Waals surface area contributed by atoms with E-state index in [0.717, 1.165) is 5.56 Å². The Morgan fingerprint density at radius 3 is 2.45 bits per heavy atom. The van der Waals surface area contributed by atoms with Gasteiger partial charge in [-0.15, -0.1) is 0 Å². The summed E-state index contributed by atoms with van der Waals surface area (Å²) in [6, 6.07) is 9.42. The lowest BCUT2D eigenvalue weighted by atomic mass is 9.97. The minimum atomic E-state index is -0.892. The van der Waals surface area contributed by atoms with Gasteiger partial charge in [-0.1, -0.05) is 35.5 Å². The van der Waals surface area contributed by atoms with E-state index in [1.807, 2.05) is 37.3 Å². The number of primary amides is 1. The minimum absolute atomic E-state index is 0.179. The first-order chi connectivity index (χ1) is 10.3. The van der Waals surface area contributed by atoms with Crippen molar-refractivity contribution < 1.29 is 14.1 Å². The first kappa shape index (κ1) is 15.7. The predicted octanol–water partition coefficient (Wildman–Crippen LogP) is 1.32. The molecule has 0 fully saturated rings. The first-order valence-electron chi connectivity index (χ1n) is 6.82. The summed E-state index contributed by atoms with van der Waals surface area (Å²) in [6.45, 7) is 5.25.